The maximum atomic E-state index is 6.47. The van der Waals surface area contributed by atoms with Crippen LogP contribution in [0.4, 0.5) is 0 Å². The van der Waals surface area contributed by atoms with E-state index in [4.69, 9.17) is 5.73 Å². The molecule has 4 nitrogen and oxygen atoms in total. The second-order valence-corrected chi connectivity index (χ2v) is 25.2. The maximum Gasteiger partial charge on any atom is 0 e. The van der Waals surface area contributed by atoms with Gasteiger partial charge in [0, 0.05) is 29.9 Å². The molecule has 0 saturated carbocycles. The number of nitrogens with two attached hydrogens (primary N) is 1. The summed E-state index contributed by atoms with van der Waals surface area (Å²) in [7, 11) is 0. The first-order valence-electron chi connectivity index (χ1n) is 6.26. The van der Waals surface area contributed by atoms with Gasteiger partial charge in [0.05, 0.1) is 0 Å². The summed E-state index contributed by atoms with van der Waals surface area (Å²) >= 11 is -2.52. The van der Waals surface area contributed by atoms with E-state index in [1.165, 1.54) is 9.28 Å². The van der Waals surface area contributed by atoms with Crippen LogP contribution in [0.2, 0.25) is 0 Å². The number of rotatable bonds is 6. The molecule has 127 valence electrons. The summed E-state index contributed by atoms with van der Waals surface area (Å²) in [5.41, 5.74) is 7.82. The molecular formula is C13H20I4N4Np-2. The molecule has 2 unspecified atom stereocenters. The van der Waals surface area contributed by atoms with Crippen LogP contribution in [-0.4, -0.2) is 25.9 Å². The Balaban J connectivity index is 0.00000242. The Morgan fingerprint density at radius 1 is 1.41 bits per heavy atom. The molecule has 1 radical (unpaired) electrons. The fraction of sp³-hybridized carbons (Fsp3) is 0.462. The van der Waals surface area contributed by atoms with E-state index in [9.17, 15) is 0 Å². The first kappa shape index (κ1) is 22.3. The number of hydrogen-bond acceptors (Lipinski definition) is 4. The van der Waals surface area contributed by atoms with Gasteiger partial charge in [-0.25, -0.2) is 0 Å². The molecule has 2 heterocycles. The number of alkyl halides is 2. The minimum Gasteiger partial charge on any atom is 0 e. The van der Waals surface area contributed by atoms with Crippen molar-refractivity contribution in [1.82, 2.24) is 3.11 Å². The summed E-state index contributed by atoms with van der Waals surface area (Å²) < 4.78 is 15.5. The molecule has 2 fully saturated rings. The van der Waals surface area contributed by atoms with Crippen LogP contribution >= 0.6 is 56.9 Å². The number of allylic oxidation sites excluding steroid dienone is 2. The van der Waals surface area contributed by atoms with Crippen molar-refractivity contribution in [3.8, 4) is 0 Å². The molecule has 2 atom stereocenters. The van der Waals surface area contributed by atoms with E-state index in [1.807, 2.05) is 6.92 Å². The summed E-state index contributed by atoms with van der Waals surface area (Å²) in [6.07, 6.45) is 3.23. The van der Waals surface area contributed by atoms with Crippen LogP contribution in [0.3, 0.4) is 0 Å². The average Bonchev–Trinajstić information content (AvgIpc) is 3.35. The molecule has 0 bridgehead atoms. The molecule has 0 aliphatic carbocycles. The van der Waals surface area contributed by atoms with E-state index in [2.05, 4.69) is 49.8 Å². The van der Waals surface area contributed by atoms with Gasteiger partial charge in [-0.2, -0.15) is 0 Å². The molecule has 2 aliphatic heterocycles. The number of halogens is 4. The molecule has 0 spiro atoms. The van der Waals surface area contributed by atoms with E-state index >= 15 is 0 Å². The fourth-order valence-corrected chi connectivity index (χ4v) is 34.1. The smallest absolute Gasteiger partial charge is 0 e. The zero-order chi connectivity index (χ0) is 15.7. The Kier molecular flexibility index (Phi) is 9.91. The minimum absolute atomic E-state index is 0. The largest absolute Gasteiger partial charge is 0 e. The van der Waals surface area contributed by atoms with Crippen LogP contribution in [0, 0.1) is 36.0 Å². The number of hydrogen-bond donors (Lipinski definition) is 1. The molecule has 9 heteroatoms. The molecule has 2 rings (SSSR count). The van der Waals surface area contributed by atoms with E-state index < -0.39 is 40.2 Å². The third-order valence-corrected chi connectivity index (χ3v) is 31.9. The quantitative estimate of drug-likeness (QED) is 0.0830. The van der Waals surface area contributed by atoms with Gasteiger partial charge in [-0.05, 0) is 0 Å². The molecule has 0 aromatic carbocycles. The van der Waals surface area contributed by atoms with Crippen LogP contribution in [0.25, 0.3) is 0 Å². The zero-order valence-electron chi connectivity index (χ0n) is 12.9. The SMILES string of the molecule is C=N[I-]I=C(/C(C)=C(/N)N1C(=[C-]C)I1N=C)I1C(C)C1C.[Np]. The topological polar surface area (TPSA) is 53.7 Å². The normalized spacial score (nSPS) is 30.3. The van der Waals surface area contributed by atoms with Crippen molar-refractivity contribution >= 4 is 71.9 Å². The molecular weight excluding hydrogens is 957 g/mol. The molecule has 2 aliphatic rings. The summed E-state index contributed by atoms with van der Waals surface area (Å²) in [6, 6.07) is 0. The first-order valence-corrected chi connectivity index (χ1v) is 21.2. The van der Waals surface area contributed by atoms with E-state index in [-0.39, 0.29) is 64.2 Å². The van der Waals surface area contributed by atoms with E-state index in [1.54, 1.807) is 1.52 Å². The van der Waals surface area contributed by atoms with Crippen LogP contribution in [0.15, 0.2) is 21.5 Å². The van der Waals surface area contributed by atoms with E-state index in [0.29, 0.717) is 0 Å². The van der Waals surface area contributed by atoms with Gasteiger partial charge < -0.3 is 0 Å². The fourth-order valence-electron chi connectivity index (χ4n) is 1.86. The molecule has 0 aromatic heterocycles. The zero-order valence-corrected chi connectivity index (χ0v) is 25.3. The second-order valence-electron chi connectivity index (χ2n) is 4.41. The monoisotopic (exact) mass is 976 g/mol. The van der Waals surface area contributed by atoms with Crippen LogP contribution < -0.4 is 23.2 Å². The van der Waals surface area contributed by atoms with Gasteiger partial charge in [0.1, 0.15) is 0 Å². The summed E-state index contributed by atoms with van der Waals surface area (Å²) in [6.45, 7) is 16.4. The van der Waals surface area contributed by atoms with Crippen LogP contribution in [-0.2, 0) is 0 Å². The van der Waals surface area contributed by atoms with Gasteiger partial charge in [0.25, 0.3) is 0 Å². The van der Waals surface area contributed by atoms with Gasteiger partial charge in [0.15, 0.2) is 0 Å². The van der Waals surface area contributed by atoms with Gasteiger partial charge in [-0.3, -0.25) is 0 Å². The third kappa shape index (κ3) is 4.68. The Morgan fingerprint density at radius 2 is 2.00 bits per heavy atom. The third-order valence-electron chi connectivity index (χ3n) is 3.30. The number of nitrogens with zero attached hydrogens (tertiary/aromatic N) is 3. The van der Waals surface area contributed by atoms with Gasteiger partial charge in [-0.15, -0.1) is 0 Å². The Labute approximate surface area is 187 Å². The maximum absolute atomic E-state index is 6.47. The van der Waals surface area contributed by atoms with Crippen molar-refractivity contribution in [3.05, 3.63) is 21.2 Å². The van der Waals surface area contributed by atoms with Crippen molar-refractivity contribution < 1.29 is 47.4 Å². The molecule has 22 heavy (non-hydrogen) atoms. The summed E-state index contributed by atoms with van der Waals surface area (Å²) in [5.74, 6) is 0.934. The van der Waals surface area contributed by atoms with E-state index in [0.717, 1.165) is 13.7 Å². The van der Waals surface area contributed by atoms with Gasteiger partial charge in [0.2, 0.25) is 0 Å². The van der Waals surface area contributed by atoms with Crippen molar-refractivity contribution in [2.75, 3.05) is 0 Å². The molecule has 2 N–H and O–H groups in total. The first-order chi connectivity index (χ1) is 9.99. The molecule has 0 amide bonds. The minimum atomic E-state index is -1.57. The molecule has 2 saturated heterocycles. The molecule has 0 aromatic rings. The summed E-state index contributed by atoms with van der Waals surface area (Å²) in [4.78, 5) is 0. The van der Waals surface area contributed by atoms with Crippen molar-refractivity contribution in [3.63, 3.8) is 0 Å². The Hall–Kier alpha value is 2.22. The average molecular weight is 977 g/mol. The predicted octanol–water partition coefficient (Wildman–Crippen LogP) is 1.21. The second kappa shape index (κ2) is 9.79. The standard InChI is InChI=1S/C13H20I4N4.Np/c1-7-11-17(20-6)21(11)13(18)8(2)12(14-15-19-5)16-9(3)10(16)4;/h9-10H,5-6,18H2,1-4H3;/q-2;/b13-8-;. The Bertz CT molecular complexity index is 552. The van der Waals surface area contributed by atoms with Crippen molar-refractivity contribution in [2.45, 2.75) is 35.5 Å². The Morgan fingerprint density at radius 3 is 2.36 bits per heavy atom. The van der Waals surface area contributed by atoms with Crippen molar-refractivity contribution in [2.24, 2.45) is 12.1 Å². The van der Waals surface area contributed by atoms with Crippen LogP contribution in [0.1, 0.15) is 27.7 Å². The van der Waals surface area contributed by atoms with Crippen molar-refractivity contribution in [1.29, 1.82) is 0 Å². The van der Waals surface area contributed by atoms with Crippen LogP contribution in [0.5, 0.6) is 0 Å². The van der Waals surface area contributed by atoms with Gasteiger partial charge in [-0.1, -0.05) is 0 Å². The predicted molar refractivity (Wildman–Crippen MR) is 116 cm³/mol. The van der Waals surface area contributed by atoms with Gasteiger partial charge >= 0.3 is 161 Å². The summed E-state index contributed by atoms with van der Waals surface area (Å²) in [5, 5.41) is 0.